The number of hydrogen-bond donors (Lipinski definition) is 1. The third-order valence-corrected chi connectivity index (χ3v) is 4.23. The van der Waals surface area contributed by atoms with Gasteiger partial charge in [-0.05, 0) is 38.5 Å². The zero-order valence-corrected chi connectivity index (χ0v) is 14.0. The molecule has 2 atom stereocenters. The molecule has 1 aliphatic carbocycles. The minimum Gasteiger partial charge on any atom is -0.383 e. The van der Waals surface area contributed by atoms with E-state index in [0.717, 1.165) is 6.54 Å². The van der Waals surface area contributed by atoms with Crippen LogP contribution in [0.5, 0.6) is 0 Å². The number of amides is 1. The van der Waals surface area contributed by atoms with Crippen LogP contribution in [-0.4, -0.2) is 55.5 Å². The Kier molecular flexibility index (Phi) is 7.32. The number of nitrogens with one attached hydrogen (secondary N) is 1. The molecule has 1 N–H and O–H groups in total. The number of carbonyl (C=O) groups excluding carboxylic acids is 2. The van der Waals surface area contributed by atoms with Crippen LogP contribution >= 0.6 is 0 Å². The molecule has 0 radical (unpaired) electrons. The van der Waals surface area contributed by atoms with Crippen LogP contribution in [0.15, 0.2) is 0 Å². The lowest BCUT2D eigenvalue weighted by Crippen LogP contribution is -2.49. The highest BCUT2D eigenvalue weighted by atomic mass is 16.5. The summed E-state index contributed by atoms with van der Waals surface area (Å²) in [7, 11) is 1.67. The maximum atomic E-state index is 12.2. The van der Waals surface area contributed by atoms with E-state index in [1.165, 1.54) is 19.8 Å². The SMILES string of the molecule is COCCN(CC(=O)NC(C(C)=O)C(C)C)C(C)C1CC1. The van der Waals surface area contributed by atoms with Crippen molar-refractivity contribution in [1.82, 2.24) is 10.2 Å². The van der Waals surface area contributed by atoms with Gasteiger partial charge >= 0.3 is 0 Å². The molecular weight excluding hydrogens is 268 g/mol. The second kappa shape index (κ2) is 8.49. The first kappa shape index (κ1) is 18.1. The van der Waals surface area contributed by atoms with E-state index in [9.17, 15) is 9.59 Å². The van der Waals surface area contributed by atoms with Crippen LogP contribution in [-0.2, 0) is 14.3 Å². The molecule has 5 heteroatoms. The van der Waals surface area contributed by atoms with Gasteiger partial charge in [0, 0.05) is 19.7 Å². The number of hydrogen-bond acceptors (Lipinski definition) is 4. The van der Waals surface area contributed by atoms with Crippen LogP contribution in [0.25, 0.3) is 0 Å². The van der Waals surface area contributed by atoms with Gasteiger partial charge in [-0.2, -0.15) is 0 Å². The largest absolute Gasteiger partial charge is 0.383 e. The maximum Gasteiger partial charge on any atom is 0.234 e. The van der Waals surface area contributed by atoms with Crippen LogP contribution in [0.2, 0.25) is 0 Å². The van der Waals surface area contributed by atoms with Gasteiger partial charge in [-0.1, -0.05) is 13.8 Å². The molecular formula is C16H30N2O3. The number of ether oxygens (including phenoxy) is 1. The molecule has 0 spiro atoms. The first-order chi connectivity index (χ1) is 9.86. The lowest BCUT2D eigenvalue weighted by Gasteiger charge is -2.29. The Balaban J connectivity index is 2.55. The Morgan fingerprint density at radius 3 is 2.33 bits per heavy atom. The third kappa shape index (κ3) is 6.14. The predicted octanol–water partition coefficient (Wildman–Crippen LogP) is 1.46. The van der Waals surface area contributed by atoms with Crippen molar-refractivity contribution in [3.63, 3.8) is 0 Å². The number of nitrogens with zero attached hydrogens (tertiary/aromatic N) is 1. The van der Waals surface area contributed by atoms with E-state index in [1.54, 1.807) is 7.11 Å². The number of Topliss-reactive ketones (excluding diaryl/α,β-unsaturated/α-hetero) is 1. The summed E-state index contributed by atoms with van der Waals surface area (Å²) >= 11 is 0. The second-order valence-electron chi connectivity index (χ2n) is 6.44. The summed E-state index contributed by atoms with van der Waals surface area (Å²) < 4.78 is 5.13. The maximum absolute atomic E-state index is 12.2. The molecule has 0 aromatic carbocycles. The predicted molar refractivity (Wildman–Crippen MR) is 83.1 cm³/mol. The number of methoxy groups -OCH3 is 1. The van der Waals surface area contributed by atoms with E-state index in [-0.39, 0.29) is 17.6 Å². The lowest BCUT2D eigenvalue weighted by molar-refractivity contribution is -0.129. The fourth-order valence-corrected chi connectivity index (χ4v) is 2.65. The van der Waals surface area contributed by atoms with Crippen LogP contribution in [0, 0.1) is 11.8 Å². The number of carbonyl (C=O) groups is 2. The van der Waals surface area contributed by atoms with E-state index < -0.39 is 6.04 Å². The summed E-state index contributed by atoms with van der Waals surface area (Å²) in [6, 6.07) is -0.00117. The minimum absolute atomic E-state index is 0.0111. The Morgan fingerprint density at radius 1 is 1.29 bits per heavy atom. The average Bonchev–Trinajstić information content (AvgIpc) is 3.23. The molecule has 21 heavy (non-hydrogen) atoms. The first-order valence-electron chi connectivity index (χ1n) is 7.89. The number of ketones is 1. The first-order valence-corrected chi connectivity index (χ1v) is 7.89. The molecule has 0 aliphatic heterocycles. The van der Waals surface area contributed by atoms with Crippen molar-refractivity contribution in [2.75, 3.05) is 26.8 Å². The van der Waals surface area contributed by atoms with Crippen molar-refractivity contribution < 1.29 is 14.3 Å². The molecule has 0 bridgehead atoms. The normalized spacial score (nSPS) is 17.9. The highest BCUT2D eigenvalue weighted by Gasteiger charge is 2.33. The highest BCUT2D eigenvalue weighted by Crippen LogP contribution is 2.34. The number of rotatable bonds is 10. The summed E-state index contributed by atoms with van der Waals surface area (Å²) in [5.74, 6) is 0.743. The minimum atomic E-state index is -0.391. The quantitative estimate of drug-likeness (QED) is 0.663. The molecule has 1 aliphatic rings. The molecule has 2 unspecified atom stereocenters. The van der Waals surface area contributed by atoms with Crippen LogP contribution < -0.4 is 5.32 Å². The Hall–Kier alpha value is -0.940. The third-order valence-electron chi connectivity index (χ3n) is 4.23. The van der Waals surface area contributed by atoms with Gasteiger partial charge < -0.3 is 10.1 Å². The molecule has 0 saturated heterocycles. The van der Waals surface area contributed by atoms with Gasteiger partial charge in [-0.25, -0.2) is 0 Å². The fraction of sp³-hybridized carbons (Fsp3) is 0.875. The molecule has 0 aromatic rings. The van der Waals surface area contributed by atoms with Crippen molar-refractivity contribution in [3.05, 3.63) is 0 Å². The van der Waals surface area contributed by atoms with Crippen molar-refractivity contribution in [3.8, 4) is 0 Å². The van der Waals surface area contributed by atoms with E-state index in [1.807, 2.05) is 13.8 Å². The van der Waals surface area contributed by atoms with Gasteiger partial charge in [0.1, 0.15) is 0 Å². The Labute approximate surface area is 128 Å². The van der Waals surface area contributed by atoms with E-state index in [2.05, 4.69) is 17.1 Å². The molecule has 1 rings (SSSR count). The van der Waals surface area contributed by atoms with E-state index >= 15 is 0 Å². The van der Waals surface area contributed by atoms with E-state index in [4.69, 9.17) is 4.74 Å². The fourth-order valence-electron chi connectivity index (χ4n) is 2.65. The summed E-state index contributed by atoms with van der Waals surface area (Å²) in [6.07, 6.45) is 2.49. The van der Waals surface area contributed by atoms with Gasteiger partial charge in [0.25, 0.3) is 0 Å². The summed E-state index contributed by atoms with van der Waals surface area (Å²) in [6.45, 7) is 9.28. The Morgan fingerprint density at radius 2 is 1.90 bits per heavy atom. The second-order valence-corrected chi connectivity index (χ2v) is 6.44. The Bertz CT molecular complexity index is 353. The standard InChI is InChI=1S/C16H30N2O3/c1-11(2)16(13(4)19)17-15(20)10-18(8-9-21-5)12(3)14-6-7-14/h11-12,14,16H,6-10H2,1-5H3,(H,17,20). The van der Waals surface area contributed by atoms with Gasteiger partial charge in [0.2, 0.25) is 5.91 Å². The highest BCUT2D eigenvalue weighted by molar-refractivity contribution is 5.88. The van der Waals surface area contributed by atoms with Crippen LogP contribution in [0.3, 0.4) is 0 Å². The van der Waals surface area contributed by atoms with Crippen molar-refractivity contribution >= 4 is 11.7 Å². The molecule has 1 amide bonds. The van der Waals surface area contributed by atoms with Crippen molar-refractivity contribution in [2.24, 2.45) is 11.8 Å². The smallest absolute Gasteiger partial charge is 0.234 e. The zero-order chi connectivity index (χ0) is 16.0. The van der Waals surface area contributed by atoms with Crippen molar-refractivity contribution in [2.45, 2.75) is 52.6 Å². The van der Waals surface area contributed by atoms with Crippen LogP contribution in [0.1, 0.15) is 40.5 Å². The summed E-state index contributed by atoms with van der Waals surface area (Å²) in [4.78, 5) is 26.0. The average molecular weight is 298 g/mol. The molecule has 1 fully saturated rings. The van der Waals surface area contributed by atoms with Crippen molar-refractivity contribution in [1.29, 1.82) is 0 Å². The van der Waals surface area contributed by atoms with Crippen LogP contribution in [0.4, 0.5) is 0 Å². The van der Waals surface area contributed by atoms with E-state index in [0.29, 0.717) is 25.1 Å². The van der Waals surface area contributed by atoms with Gasteiger partial charge in [0.15, 0.2) is 5.78 Å². The molecule has 1 saturated carbocycles. The summed E-state index contributed by atoms with van der Waals surface area (Å²) in [5, 5.41) is 2.87. The van der Waals surface area contributed by atoms with Gasteiger partial charge in [-0.15, -0.1) is 0 Å². The summed E-state index contributed by atoms with van der Waals surface area (Å²) in [5.41, 5.74) is 0. The molecule has 5 nitrogen and oxygen atoms in total. The van der Waals surface area contributed by atoms with Gasteiger partial charge in [0.05, 0.1) is 19.2 Å². The van der Waals surface area contributed by atoms with Gasteiger partial charge in [-0.3, -0.25) is 14.5 Å². The topological polar surface area (TPSA) is 58.6 Å². The zero-order valence-electron chi connectivity index (χ0n) is 14.0. The molecule has 0 aromatic heterocycles. The monoisotopic (exact) mass is 298 g/mol. The molecule has 122 valence electrons. The lowest BCUT2D eigenvalue weighted by atomic mass is 10.0. The molecule has 0 heterocycles.